The van der Waals surface area contributed by atoms with Crippen molar-refractivity contribution in [2.24, 2.45) is 11.8 Å². The minimum atomic E-state index is -2.38. The normalized spacial score (nSPS) is 39.6. The van der Waals surface area contributed by atoms with Crippen molar-refractivity contribution in [2.75, 3.05) is 0 Å². The zero-order valence-corrected chi connectivity index (χ0v) is 6.53. The molecular formula is C8H14F2. The maximum absolute atomic E-state index is 12.7. The van der Waals surface area contributed by atoms with Crippen LogP contribution >= 0.6 is 0 Å². The van der Waals surface area contributed by atoms with Gasteiger partial charge < -0.3 is 0 Å². The van der Waals surface area contributed by atoms with Crippen LogP contribution in [0.25, 0.3) is 0 Å². The van der Waals surface area contributed by atoms with Crippen molar-refractivity contribution in [3.63, 3.8) is 0 Å². The van der Waals surface area contributed by atoms with Gasteiger partial charge in [0.05, 0.1) is 0 Å². The molecule has 0 amide bonds. The zero-order chi connectivity index (χ0) is 7.78. The Morgan fingerprint density at radius 2 is 1.50 bits per heavy atom. The van der Waals surface area contributed by atoms with Crippen molar-refractivity contribution in [3.8, 4) is 0 Å². The molecule has 0 bridgehead atoms. The Morgan fingerprint density at radius 3 is 1.80 bits per heavy atom. The molecule has 1 saturated carbocycles. The lowest BCUT2D eigenvalue weighted by Gasteiger charge is -2.30. The fourth-order valence-corrected chi connectivity index (χ4v) is 1.96. The first-order valence-electron chi connectivity index (χ1n) is 3.87. The number of alkyl halides is 2. The summed E-state index contributed by atoms with van der Waals surface area (Å²) >= 11 is 0. The number of hydrogen-bond donors (Lipinski definition) is 0. The van der Waals surface area contributed by atoms with Gasteiger partial charge in [-0.05, 0) is 18.3 Å². The summed E-state index contributed by atoms with van der Waals surface area (Å²) in [4.78, 5) is 0. The fraction of sp³-hybridized carbons (Fsp3) is 1.00. The number of halogens is 2. The zero-order valence-electron chi connectivity index (χ0n) is 6.53. The molecular weight excluding hydrogens is 134 g/mol. The molecule has 0 N–H and O–H groups in total. The minimum absolute atomic E-state index is 0.0946. The molecule has 0 radical (unpaired) electrons. The van der Waals surface area contributed by atoms with E-state index < -0.39 is 5.92 Å². The first-order valence-corrected chi connectivity index (χ1v) is 3.87. The lowest BCUT2D eigenvalue weighted by Crippen LogP contribution is -2.29. The molecule has 2 heteroatoms. The van der Waals surface area contributed by atoms with Gasteiger partial charge in [0, 0.05) is 12.8 Å². The van der Waals surface area contributed by atoms with Crippen LogP contribution in [0.15, 0.2) is 0 Å². The first kappa shape index (κ1) is 7.96. The van der Waals surface area contributed by atoms with Crippen LogP contribution in [0.4, 0.5) is 8.78 Å². The third-order valence-electron chi connectivity index (χ3n) is 2.10. The summed E-state index contributed by atoms with van der Waals surface area (Å²) < 4.78 is 25.4. The molecule has 0 aromatic carbocycles. The van der Waals surface area contributed by atoms with E-state index in [1.807, 2.05) is 13.8 Å². The summed E-state index contributed by atoms with van der Waals surface area (Å²) in [6.07, 6.45) is 1.16. The summed E-state index contributed by atoms with van der Waals surface area (Å²) in [5.74, 6) is -1.96. The lowest BCUT2D eigenvalue weighted by molar-refractivity contribution is -0.0661. The average molecular weight is 148 g/mol. The van der Waals surface area contributed by atoms with E-state index in [9.17, 15) is 8.78 Å². The number of hydrogen-bond acceptors (Lipinski definition) is 0. The van der Waals surface area contributed by atoms with Gasteiger partial charge in [-0.2, -0.15) is 0 Å². The summed E-state index contributed by atoms with van der Waals surface area (Å²) in [7, 11) is 0. The summed E-state index contributed by atoms with van der Waals surface area (Å²) in [6.45, 7) is 3.81. The van der Waals surface area contributed by atoms with Crippen molar-refractivity contribution >= 4 is 0 Å². The van der Waals surface area contributed by atoms with Crippen molar-refractivity contribution in [1.82, 2.24) is 0 Å². The van der Waals surface area contributed by atoms with Crippen molar-refractivity contribution in [2.45, 2.75) is 39.0 Å². The topological polar surface area (TPSA) is 0 Å². The molecule has 0 heterocycles. The maximum atomic E-state index is 12.7. The first-order chi connectivity index (χ1) is 4.49. The Bertz CT molecular complexity index is 108. The monoisotopic (exact) mass is 148 g/mol. The highest BCUT2D eigenvalue weighted by molar-refractivity contribution is 4.79. The summed E-state index contributed by atoms with van der Waals surface area (Å²) in [5, 5.41) is 0. The van der Waals surface area contributed by atoms with Gasteiger partial charge in [-0.3, -0.25) is 0 Å². The molecule has 60 valence electrons. The molecule has 1 aliphatic rings. The SMILES string of the molecule is C[C@H]1C[C@H](C)CC(F)(F)C1. The van der Waals surface area contributed by atoms with Gasteiger partial charge in [0.1, 0.15) is 0 Å². The van der Waals surface area contributed by atoms with E-state index in [0.29, 0.717) is 0 Å². The quantitative estimate of drug-likeness (QED) is 0.495. The third kappa shape index (κ3) is 1.93. The molecule has 0 nitrogen and oxygen atoms in total. The minimum Gasteiger partial charge on any atom is -0.207 e. The largest absolute Gasteiger partial charge is 0.248 e. The highest BCUT2D eigenvalue weighted by atomic mass is 19.3. The van der Waals surface area contributed by atoms with Gasteiger partial charge >= 0.3 is 0 Å². The molecule has 0 spiro atoms. The van der Waals surface area contributed by atoms with Crippen molar-refractivity contribution in [3.05, 3.63) is 0 Å². The Kier molecular flexibility index (Phi) is 1.97. The highest BCUT2D eigenvalue weighted by Crippen LogP contribution is 2.39. The van der Waals surface area contributed by atoms with Crippen LogP contribution in [0.2, 0.25) is 0 Å². The summed E-state index contributed by atoms with van der Waals surface area (Å²) in [5.41, 5.74) is 0. The van der Waals surface area contributed by atoms with Crippen LogP contribution in [0.1, 0.15) is 33.1 Å². The van der Waals surface area contributed by atoms with E-state index in [-0.39, 0.29) is 24.7 Å². The predicted octanol–water partition coefficient (Wildman–Crippen LogP) is 3.08. The summed E-state index contributed by atoms with van der Waals surface area (Å²) in [6, 6.07) is 0. The van der Waals surface area contributed by atoms with Gasteiger partial charge in [-0.25, -0.2) is 8.78 Å². The standard InChI is InChI=1S/C8H14F2/c1-6-3-7(2)5-8(9,10)4-6/h6-7H,3-5H2,1-2H3/t6-,7-/m0/s1. The second kappa shape index (κ2) is 2.48. The van der Waals surface area contributed by atoms with Crippen LogP contribution in [0, 0.1) is 11.8 Å². The Hall–Kier alpha value is -0.140. The van der Waals surface area contributed by atoms with Crippen LogP contribution in [-0.2, 0) is 0 Å². The molecule has 10 heavy (non-hydrogen) atoms. The smallest absolute Gasteiger partial charge is 0.207 e. The maximum Gasteiger partial charge on any atom is 0.248 e. The van der Waals surface area contributed by atoms with Gasteiger partial charge in [0.25, 0.3) is 0 Å². The second-order valence-electron chi connectivity index (χ2n) is 3.71. The predicted molar refractivity (Wildman–Crippen MR) is 37.1 cm³/mol. The lowest BCUT2D eigenvalue weighted by atomic mass is 9.81. The van der Waals surface area contributed by atoms with Gasteiger partial charge in [0.15, 0.2) is 0 Å². The van der Waals surface area contributed by atoms with E-state index >= 15 is 0 Å². The van der Waals surface area contributed by atoms with Crippen molar-refractivity contribution < 1.29 is 8.78 Å². The molecule has 0 aromatic heterocycles. The van der Waals surface area contributed by atoms with Gasteiger partial charge in [-0.15, -0.1) is 0 Å². The average Bonchev–Trinajstić information content (AvgIpc) is 1.54. The Labute approximate surface area is 60.6 Å². The Morgan fingerprint density at radius 1 is 1.10 bits per heavy atom. The number of rotatable bonds is 0. The molecule has 1 aliphatic carbocycles. The fourth-order valence-electron chi connectivity index (χ4n) is 1.96. The Balaban J connectivity index is 2.51. The van der Waals surface area contributed by atoms with E-state index in [0.717, 1.165) is 6.42 Å². The molecule has 1 rings (SSSR count). The van der Waals surface area contributed by atoms with E-state index in [1.165, 1.54) is 0 Å². The molecule has 0 aliphatic heterocycles. The third-order valence-corrected chi connectivity index (χ3v) is 2.10. The van der Waals surface area contributed by atoms with E-state index in [2.05, 4.69) is 0 Å². The molecule has 2 atom stereocenters. The molecule has 0 saturated heterocycles. The molecule has 0 unspecified atom stereocenters. The van der Waals surface area contributed by atoms with Crippen LogP contribution in [0.3, 0.4) is 0 Å². The van der Waals surface area contributed by atoms with E-state index in [1.54, 1.807) is 0 Å². The molecule has 0 aromatic rings. The van der Waals surface area contributed by atoms with Crippen LogP contribution in [0.5, 0.6) is 0 Å². The van der Waals surface area contributed by atoms with Crippen molar-refractivity contribution in [1.29, 1.82) is 0 Å². The van der Waals surface area contributed by atoms with Gasteiger partial charge in [-0.1, -0.05) is 13.8 Å². The van der Waals surface area contributed by atoms with E-state index in [4.69, 9.17) is 0 Å². The molecule has 1 fully saturated rings. The van der Waals surface area contributed by atoms with Gasteiger partial charge in [0.2, 0.25) is 5.92 Å². The highest BCUT2D eigenvalue weighted by Gasteiger charge is 2.37. The van der Waals surface area contributed by atoms with Crippen LogP contribution in [-0.4, -0.2) is 5.92 Å². The second-order valence-corrected chi connectivity index (χ2v) is 3.71. The van der Waals surface area contributed by atoms with Crippen LogP contribution < -0.4 is 0 Å².